The Kier molecular flexibility index (Phi) is 6.51. The second-order valence-corrected chi connectivity index (χ2v) is 8.50. The molecule has 0 unspecified atom stereocenters. The van der Waals surface area contributed by atoms with Gasteiger partial charge in [-0.1, -0.05) is 30.5 Å². The zero-order valence-corrected chi connectivity index (χ0v) is 16.7. The third-order valence-electron chi connectivity index (χ3n) is 4.67. The minimum atomic E-state index is -3.65. The van der Waals surface area contributed by atoms with Gasteiger partial charge in [0.2, 0.25) is 5.91 Å². The van der Waals surface area contributed by atoms with Crippen molar-refractivity contribution in [3.8, 4) is 0 Å². The maximum atomic E-state index is 12.4. The standard InChI is InChI=1S/C19H23N3O3S.ClH/c1-14-4-10-17(11-5-14)26(24,25)22-16-8-6-15(7-9-16)21-18(23)19(20)12-2-3-13-19;/h4-11,22H,2-3,12-13,20H2,1H3,(H,21,23);1H. The van der Waals surface area contributed by atoms with Gasteiger partial charge >= 0.3 is 0 Å². The highest BCUT2D eigenvalue weighted by molar-refractivity contribution is 7.92. The second-order valence-electron chi connectivity index (χ2n) is 6.81. The Labute approximate surface area is 166 Å². The third-order valence-corrected chi connectivity index (χ3v) is 6.07. The minimum Gasteiger partial charge on any atom is -0.324 e. The van der Waals surface area contributed by atoms with Gasteiger partial charge in [0.1, 0.15) is 0 Å². The average Bonchev–Trinajstić information content (AvgIpc) is 3.05. The molecule has 2 aromatic carbocycles. The molecular formula is C19H24ClN3O3S. The van der Waals surface area contributed by atoms with Crippen molar-refractivity contribution in [3.05, 3.63) is 54.1 Å². The van der Waals surface area contributed by atoms with Crippen LogP contribution in [0.2, 0.25) is 0 Å². The van der Waals surface area contributed by atoms with Gasteiger partial charge in [-0.05, 0) is 56.2 Å². The summed E-state index contributed by atoms with van der Waals surface area (Å²) in [5.74, 6) is -0.192. The van der Waals surface area contributed by atoms with Gasteiger partial charge < -0.3 is 11.1 Å². The molecule has 1 amide bonds. The van der Waals surface area contributed by atoms with Crippen LogP contribution in [-0.4, -0.2) is 19.9 Å². The van der Waals surface area contributed by atoms with Gasteiger partial charge in [-0.15, -0.1) is 12.4 Å². The number of carbonyl (C=O) groups excluding carboxylic acids is 1. The fourth-order valence-corrected chi connectivity index (χ4v) is 4.10. The SMILES string of the molecule is Cc1ccc(S(=O)(=O)Nc2ccc(NC(=O)C3(N)CCCC3)cc2)cc1.Cl. The van der Waals surface area contributed by atoms with Gasteiger partial charge in [0.05, 0.1) is 10.4 Å². The molecule has 0 bridgehead atoms. The fraction of sp³-hybridized carbons (Fsp3) is 0.316. The number of aryl methyl sites for hydroxylation is 1. The van der Waals surface area contributed by atoms with Crippen LogP contribution in [-0.2, 0) is 14.8 Å². The van der Waals surface area contributed by atoms with Crippen molar-refractivity contribution in [3.63, 3.8) is 0 Å². The molecule has 1 aliphatic rings. The molecule has 27 heavy (non-hydrogen) atoms. The van der Waals surface area contributed by atoms with E-state index in [0.717, 1.165) is 18.4 Å². The first kappa shape index (κ1) is 21.2. The molecule has 4 N–H and O–H groups in total. The molecule has 1 fully saturated rings. The Bertz CT molecular complexity index is 891. The Morgan fingerprint density at radius 1 is 0.963 bits per heavy atom. The molecule has 0 atom stereocenters. The van der Waals surface area contributed by atoms with Gasteiger partial charge in [0.25, 0.3) is 10.0 Å². The Balaban J connectivity index is 0.00000261. The quantitative estimate of drug-likeness (QED) is 0.704. The highest BCUT2D eigenvalue weighted by Crippen LogP contribution is 2.28. The first-order valence-corrected chi connectivity index (χ1v) is 10.1. The molecule has 2 aromatic rings. The predicted octanol–water partition coefficient (Wildman–Crippen LogP) is 3.43. The van der Waals surface area contributed by atoms with E-state index in [1.54, 1.807) is 48.5 Å². The molecule has 0 aromatic heterocycles. The van der Waals surface area contributed by atoms with Crippen molar-refractivity contribution >= 4 is 39.7 Å². The molecule has 6 nitrogen and oxygen atoms in total. The second kappa shape index (κ2) is 8.29. The van der Waals surface area contributed by atoms with Gasteiger partial charge in [-0.25, -0.2) is 8.42 Å². The van der Waals surface area contributed by atoms with Crippen LogP contribution in [0.3, 0.4) is 0 Å². The maximum absolute atomic E-state index is 12.4. The van der Waals surface area contributed by atoms with Gasteiger partial charge in [0.15, 0.2) is 0 Å². The van der Waals surface area contributed by atoms with Gasteiger partial charge in [-0.3, -0.25) is 9.52 Å². The van der Waals surface area contributed by atoms with Crippen LogP contribution in [0.5, 0.6) is 0 Å². The van der Waals surface area contributed by atoms with Crippen LogP contribution in [0, 0.1) is 6.92 Å². The van der Waals surface area contributed by atoms with Crippen LogP contribution in [0.15, 0.2) is 53.4 Å². The van der Waals surface area contributed by atoms with E-state index in [1.165, 1.54) is 0 Å². The molecule has 0 radical (unpaired) electrons. The zero-order chi connectivity index (χ0) is 18.8. The Hall–Kier alpha value is -2.09. The van der Waals surface area contributed by atoms with Crippen LogP contribution in [0.4, 0.5) is 11.4 Å². The number of anilines is 2. The number of hydrogen-bond acceptors (Lipinski definition) is 4. The predicted molar refractivity (Wildman–Crippen MR) is 110 cm³/mol. The number of halogens is 1. The van der Waals surface area contributed by atoms with E-state index >= 15 is 0 Å². The summed E-state index contributed by atoms with van der Waals surface area (Å²) >= 11 is 0. The number of benzene rings is 2. The third kappa shape index (κ3) is 5.00. The zero-order valence-electron chi connectivity index (χ0n) is 15.1. The lowest BCUT2D eigenvalue weighted by Crippen LogP contribution is -2.48. The van der Waals surface area contributed by atoms with Gasteiger partial charge in [0, 0.05) is 11.4 Å². The normalized spacial score (nSPS) is 15.6. The highest BCUT2D eigenvalue weighted by Gasteiger charge is 2.36. The molecule has 3 rings (SSSR count). The van der Waals surface area contributed by atoms with Crippen molar-refractivity contribution in [2.24, 2.45) is 5.73 Å². The lowest BCUT2D eigenvalue weighted by Gasteiger charge is -2.22. The van der Waals surface area contributed by atoms with E-state index in [1.807, 2.05) is 6.92 Å². The van der Waals surface area contributed by atoms with Crippen molar-refractivity contribution < 1.29 is 13.2 Å². The topological polar surface area (TPSA) is 101 Å². The van der Waals surface area contributed by atoms with E-state index in [-0.39, 0.29) is 23.2 Å². The number of hydrogen-bond donors (Lipinski definition) is 3. The summed E-state index contributed by atoms with van der Waals surface area (Å²) in [7, 11) is -3.65. The van der Waals surface area contributed by atoms with E-state index in [0.29, 0.717) is 24.2 Å². The first-order valence-electron chi connectivity index (χ1n) is 8.58. The summed E-state index contributed by atoms with van der Waals surface area (Å²) in [6.07, 6.45) is 3.30. The summed E-state index contributed by atoms with van der Waals surface area (Å²) < 4.78 is 27.3. The number of amides is 1. The van der Waals surface area contributed by atoms with Crippen LogP contribution in [0.1, 0.15) is 31.2 Å². The van der Waals surface area contributed by atoms with E-state index in [9.17, 15) is 13.2 Å². The van der Waals surface area contributed by atoms with E-state index in [2.05, 4.69) is 10.0 Å². The highest BCUT2D eigenvalue weighted by atomic mass is 35.5. The summed E-state index contributed by atoms with van der Waals surface area (Å²) in [4.78, 5) is 12.5. The van der Waals surface area contributed by atoms with Crippen LogP contribution < -0.4 is 15.8 Å². The minimum absolute atomic E-state index is 0. The lowest BCUT2D eigenvalue weighted by molar-refractivity contribution is -0.121. The monoisotopic (exact) mass is 409 g/mol. The van der Waals surface area contributed by atoms with Crippen LogP contribution in [0.25, 0.3) is 0 Å². The Morgan fingerprint density at radius 2 is 1.48 bits per heavy atom. The summed E-state index contributed by atoms with van der Waals surface area (Å²) in [5, 5.41) is 2.81. The largest absolute Gasteiger partial charge is 0.324 e. The molecule has 1 saturated carbocycles. The maximum Gasteiger partial charge on any atom is 0.261 e. The molecule has 0 aliphatic heterocycles. The summed E-state index contributed by atoms with van der Waals surface area (Å²) in [5.41, 5.74) is 7.34. The van der Waals surface area contributed by atoms with Gasteiger partial charge in [-0.2, -0.15) is 0 Å². The van der Waals surface area contributed by atoms with Crippen molar-refractivity contribution in [2.75, 3.05) is 10.0 Å². The van der Waals surface area contributed by atoms with Crippen molar-refractivity contribution in [1.29, 1.82) is 0 Å². The fourth-order valence-electron chi connectivity index (χ4n) is 3.04. The number of nitrogens with one attached hydrogen (secondary N) is 2. The molecule has 146 valence electrons. The molecule has 0 heterocycles. The van der Waals surface area contributed by atoms with E-state index in [4.69, 9.17) is 5.73 Å². The first-order chi connectivity index (χ1) is 12.3. The van der Waals surface area contributed by atoms with E-state index < -0.39 is 15.6 Å². The smallest absolute Gasteiger partial charge is 0.261 e. The van der Waals surface area contributed by atoms with Crippen molar-refractivity contribution in [1.82, 2.24) is 0 Å². The summed E-state index contributed by atoms with van der Waals surface area (Å²) in [6.45, 7) is 1.90. The molecule has 0 spiro atoms. The molecule has 8 heteroatoms. The molecule has 1 aliphatic carbocycles. The number of nitrogens with two attached hydrogens (primary N) is 1. The number of carbonyl (C=O) groups is 1. The van der Waals surface area contributed by atoms with Crippen LogP contribution >= 0.6 is 12.4 Å². The lowest BCUT2D eigenvalue weighted by atomic mass is 9.98. The molecular weight excluding hydrogens is 386 g/mol. The Morgan fingerprint density at radius 3 is 2.04 bits per heavy atom. The number of rotatable bonds is 5. The summed E-state index contributed by atoms with van der Waals surface area (Å²) in [6, 6.07) is 13.2. The molecule has 0 saturated heterocycles. The van der Waals surface area contributed by atoms with Crippen molar-refractivity contribution in [2.45, 2.75) is 43.0 Å². The number of sulfonamides is 1. The average molecular weight is 410 g/mol.